The second-order valence-corrected chi connectivity index (χ2v) is 9.86. The Morgan fingerprint density at radius 3 is 2.81 bits per heavy atom. The van der Waals surface area contributed by atoms with Gasteiger partial charge in [0.1, 0.15) is 10.7 Å². The van der Waals surface area contributed by atoms with Crippen molar-refractivity contribution in [2.75, 3.05) is 5.84 Å². The summed E-state index contributed by atoms with van der Waals surface area (Å²) < 4.78 is 1.60. The van der Waals surface area contributed by atoms with Crippen LogP contribution in [0.25, 0.3) is 21.3 Å². The number of thioether (sulfide) groups is 1. The quantitative estimate of drug-likeness (QED) is 0.314. The first kappa shape index (κ1) is 20.5. The molecule has 1 aliphatic rings. The van der Waals surface area contributed by atoms with Gasteiger partial charge >= 0.3 is 0 Å². The molecule has 5 rings (SSSR count). The molecular weight excluding hydrogens is 452 g/mol. The highest BCUT2D eigenvalue weighted by atomic mass is 35.5. The van der Waals surface area contributed by atoms with Gasteiger partial charge in [0.25, 0.3) is 5.56 Å². The summed E-state index contributed by atoms with van der Waals surface area (Å²) >= 11 is 9.19. The number of rotatable bonds is 5. The standard InChI is InChI=1S/C21H21ClN6OS2/c22-15-9-5-4-8-13(15)14-10-30-20-17(14)19(29)24-16(25-20)11-31-21-27-26-18(28(21)23)12-6-2-1-3-7-12/h4-5,8-10,12H,1-3,6-7,11,23H2,(H,24,25,29). The van der Waals surface area contributed by atoms with E-state index in [1.165, 1.54) is 42.4 Å². The molecule has 10 heteroatoms. The lowest BCUT2D eigenvalue weighted by molar-refractivity contribution is 0.421. The van der Waals surface area contributed by atoms with Crippen LogP contribution in [0.15, 0.2) is 39.6 Å². The van der Waals surface area contributed by atoms with Gasteiger partial charge in [-0.25, -0.2) is 9.66 Å². The molecule has 160 valence electrons. The lowest BCUT2D eigenvalue weighted by Gasteiger charge is -2.20. The van der Waals surface area contributed by atoms with Gasteiger partial charge in [-0.3, -0.25) is 4.79 Å². The van der Waals surface area contributed by atoms with E-state index in [-0.39, 0.29) is 5.56 Å². The van der Waals surface area contributed by atoms with E-state index >= 15 is 0 Å². The Balaban J connectivity index is 1.38. The highest BCUT2D eigenvalue weighted by molar-refractivity contribution is 7.98. The molecule has 31 heavy (non-hydrogen) atoms. The van der Waals surface area contributed by atoms with Crippen LogP contribution in [0, 0.1) is 0 Å². The summed E-state index contributed by atoms with van der Waals surface area (Å²) in [5.41, 5.74) is 1.46. The number of nitrogens with two attached hydrogens (primary N) is 1. The van der Waals surface area contributed by atoms with Crippen molar-refractivity contribution in [3.8, 4) is 11.1 Å². The van der Waals surface area contributed by atoms with Crippen LogP contribution in [0.2, 0.25) is 5.02 Å². The van der Waals surface area contributed by atoms with Crippen molar-refractivity contribution in [2.24, 2.45) is 0 Å². The largest absolute Gasteiger partial charge is 0.336 e. The fourth-order valence-electron chi connectivity index (χ4n) is 4.10. The summed E-state index contributed by atoms with van der Waals surface area (Å²) in [6, 6.07) is 7.50. The molecule has 0 bridgehead atoms. The minimum absolute atomic E-state index is 0.172. The number of hydrogen-bond acceptors (Lipinski definition) is 7. The lowest BCUT2D eigenvalue weighted by Crippen LogP contribution is -2.18. The predicted molar refractivity (Wildman–Crippen MR) is 126 cm³/mol. The molecule has 3 aromatic heterocycles. The molecule has 1 fully saturated rings. The van der Waals surface area contributed by atoms with Crippen molar-refractivity contribution in [2.45, 2.75) is 48.9 Å². The van der Waals surface area contributed by atoms with E-state index < -0.39 is 0 Å². The molecule has 0 radical (unpaired) electrons. The Morgan fingerprint density at radius 1 is 1.19 bits per heavy atom. The summed E-state index contributed by atoms with van der Waals surface area (Å²) in [6.45, 7) is 0. The highest BCUT2D eigenvalue weighted by Crippen LogP contribution is 2.35. The third-order valence-electron chi connectivity index (χ3n) is 5.66. The second-order valence-electron chi connectivity index (χ2n) is 7.66. The van der Waals surface area contributed by atoms with Gasteiger partial charge in [0.05, 0.1) is 11.1 Å². The number of thiophene rings is 1. The lowest BCUT2D eigenvalue weighted by atomic mass is 9.89. The summed E-state index contributed by atoms with van der Waals surface area (Å²) in [5.74, 6) is 8.53. The van der Waals surface area contributed by atoms with Gasteiger partial charge in [-0.15, -0.1) is 21.5 Å². The number of benzene rings is 1. The second kappa shape index (κ2) is 8.64. The molecule has 0 unspecified atom stereocenters. The van der Waals surface area contributed by atoms with E-state index in [1.54, 1.807) is 4.68 Å². The van der Waals surface area contributed by atoms with E-state index in [4.69, 9.17) is 17.4 Å². The molecule has 3 N–H and O–H groups in total. The van der Waals surface area contributed by atoms with E-state index in [9.17, 15) is 4.79 Å². The summed E-state index contributed by atoms with van der Waals surface area (Å²) in [7, 11) is 0. The minimum Gasteiger partial charge on any atom is -0.336 e. The third kappa shape index (κ3) is 3.97. The number of H-pyrrole nitrogens is 1. The monoisotopic (exact) mass is 472 g/mol. The maximum atomic E-state index is 12.9. The van der Waals surface area contributed by atoms with Crippen molar-refractivity contribution >= 4 is 44.9 Å². The molecule has 1 aliphatic carbocycles. The molecule has 3 heterocycles. The van der Waals surface area contributed by atoms with Gasteiger partial charge in [0.2, 0.25) is 5.16 Å². The van der Waals surface area contributed by atoms with Crippen LogP contribution in [-0.2, 0) is 5.75 Å². The first-order valence-electron chi connectivity index (χ1n) is 10.2. The van der Waals surface area contributed by atoms with E-state index in [0.717, 1.165) is 29.8 Å². The number of fused-ring (bicyclic) bond motifs is 1. The Hall–Kier alpha value is -2.36. The topological polar surface area (TPSA) is 102 Å². The molecule has 1 saturated carbocycles. The van der Waals surface area contributed by atoms with Crippen LogP contribution in [0.4, 0.5) is 0 Å². The summed E-state index contributed by atoms with van der Waals surface area (Å²) in [6.07, 6.45) is 5.92. The molecule has 0 aliphatic heterocycles. The summed E-state index contributed by atoms with van der Waals surface area (Å²) in [4.78, 5) is 21.1. The van der Waals surface area contributed by atoms with E-state index in [0.29, 0.717) is 37.9 Å². The van der Waals surface area contributed by atoms with Crippen LogP contribution in [0.5, 0.6) is 0 Å². The zero-order chi connectivity index (χ0) is 21.4. The fourth-order valence-corrected chi connectivity index (χ4v) is 6.03. The molecule has 7 nitrogen and oxygen atoms in total. The summed E-state index contributed by atoms with van der Waals surface area (Å²) in [5, 5.41) is 12.3. The average Bonchev–Trinajstić information content (AvgIpc) is 3.37. The van der Waals surface area contributed by atoms with Crippen molar-refractivity contribution in [3.05, 3.63) is 56.7 Å². The van der Waals surface area contributed by atoms with Crippen LogP contribution in [0.3, 0.4) is 0 Å². The van der Waals surface area contributed by atoms with Gasteiger partial charge in [0.15, 0.2) is 5.82 Å². The number of hydrogen-bond donors (Lipinski definition) is 2. The molecule has 0 atom stereocenters. The predicted octanol–water partition coefficient (Wildman–Crippen LogP) is 4.95. The Kier molecular flexibility index (Phi) is 5.73. The number of halogens is 1. The zero-order valence-corrected chi connectivity index (χ0v) is 19.1. The Morgan fingerprint density at radius 2 is 2.00 bits per heavy atom. The van der Waals surface area contributed by atoms with Gasteiger partial charge < -0.3 is 10.8 Å². The number of aromatic amines is 1. The van der Waals surface area contributed by atoms with Crippen molar-refractivity contribution in [1.29, 1.82) is 0 Å². The smallest absolute Gasteiger partial charge is 0.260 e. The van der Waals surface area contributed by atoms with Gasteiger partial charge in [-0.2, -0.15) is 0 Å². The Labute approximate surface area is 192 Å². The molecule has 0 saturated heterocycles. The van der Waals surface area contributed by atoms with E-state index in [2.05, 4.69) is 20.2 Å². The van der Waals surface area contributed by atoms with Crippen LogP contribution in [-0.4, -0.2) is 24.8 Å². The molecule has 0 spiro atoms. The normalized spacial score (nSPS) is 15.0. The number of nitrogens with one attached hydrogen (secondary N) is 1. The van der Waals surface area contributed by atoms with Crippen LogP contribution in [0.1, 0.15) is 49.7 Å². The van der Waals surface area contributed by atoms with Crippen LogP contribution < -0.4 is 11.4 Å². The van der Waals surface area contributed by atoms with Crippen molar-refractivity contribution < 1.29 is 0 Å². The maximum absolute atomic E-state index is 12.9. The zero-order valence-electron chi connectivity index (χ0n) is 16.7. The third-order valence-corrected chi connectivity index (χ3v) is 7.81. The first-order valence-corrected chi connectivity index (χ1v) is 12.4. The highest BCUT2D eigenvalue weighted by Gasteiger charge is 2.23. The maximum Gasteiger partial charge on any atom is 0.260 e. The SMILES string of the molecule is Nn1c(SCc2nc3scc(-c4ccccc4Cl)c3c(=O)[nH]2)nnc1C1CCCCC1. The molecule has 0 amide bonds. The molecular formula is C21H21ClN6OS2. The van der Waals surface area contributed by atoms with Gasteiger partial charge in [-0.05, 0) is 18.9 Å². The number of nitrogens with zero attached hydrogens (tertiary/aromatic N) is 4. The minimum atomic E-state index is -0.172. The van der Waals surface area contributed by atoms with Gasteiger partial charge in [0, 0.05) is 27.4 Å². The molecule has 1 aromatic carbocycles. The van der Waals surface area contributed by atoms with E-state index in [1.807, 2.05) is 29.6 Å². The fraction of sp³-hybridized carbons (Fsp3) is 0.333. The van der Waals surface area contributed by atoms with Crippen LogP contribution >= 0.6 is 34.7 Å². The van der Waals surface area contributed by atoms with Crippen molar-refractivity contribution in [3.63, 3.8) is 0 Å². The number of nitrogen functional groups attached to an aromatic ring is 1. The number of aromatic nitrogens is 5. The molecule has 4 aromatic rings. The van der Waals surface area contributed by atoms with Crippen molar-refractivity contribution in [1.82, 2.24) is 24.8 Å². The van der Waals surface area contributed by atoms with Gasteiger partial charge in [-0.1, -0.05) is 60.8 Å². The Bertz CT molecular complexity index is 1290. The average molecular weight is 473 g/mol. The first-order chi connectivity index (χ1) is 15.1.